The standard InChI is InChI=1S/C19H24N2O2S/c1-12-6-8-16(13(2)10-12)14(3)20-19(24)21-17-9-7-15(22-4)11-18(17)23-5/h6-11,14H,1-5H3,(H2,20,21,24). The zero-order chi connectivity index (χ0) is 17.7. The van der Waals surface area contributed by atoms with Crippen LogP contribution < -0.4 is 20.1 Å². The number of rotatable bonds is 5. The van der Waals surface area contributed by atoms with Crippen molar-refractivity contribution in [3.63, 3.8) is 0 Å². The van der Waals surface area contributed by atoms with E-state index in [4.69, 9.17) is 21.7 Å². The summed E-state index contributed by atoms with van der Waals surface area (Å²) in [6.45, 7) is 6.30. The maximum Gasteiger partial charge on any atom is 0.171 e. The Labute approximate surface area is 149 Å². The lowest BCUT2D eigenvalue weighted by atomic mass is 10.0. The number of methoxy groups -OCH3 is 2. The molecule has 0 aliphatic rings. The fraction of sp³-hybridized carbons (Fsp3) is 0.316. The van der Waals surface area contributed by atoms with Crippen LogP contribution in [0, 0.1) is 13.8 Å². The minimum Gasteiger partial charge on any atom is -0.497 e. The molecule has 0 saturated heterocycles. The molecule has 0 aliphatic carbocycles. The molecule has 2 N–H and O–H groups in total. The number of aryl methyl sites for hydroxylation is 2. The molecule has 2 aromatic carbocycles. The maximum atomic E-state index is 5.44. The fourth-order valence-corrected chi connectivity index (χ4v) is 2.93. The van der Waals surface area contributed by atoms with Gasteiger partial charge in [0.05, 0.1) is 25.9 Å². The summed E-state index contributed by atoms with van der Waals surface area (Å²) in [6, 6.07) is 12.1. The SMILES string of the molecule is COc1ccc(NC(=S)NC(C)c2ccc(C)cc2C)c(OC)c1. The lowest BCUT2D eigenvalue weighted by Crippen LogP contribution is -2.31. The van der Waals surface area contributed by atoms with Crippen LogP contribution in [0.5, 0.6) is 11.5 Å². The Morgan fingerprint density at radius 2 is 1.79 bits per heavy atom. The van der Waals surface area contributed by atoms with Crippen molar-refractivity contribution >= 4 is 23.0 Å². The topological polar surface area (TPSA) is 42.5 Å². The van der Waals surface area contributed by atoms with Crippen molar-refractivity contribution in [2.75, 3.05) is 19.5 Å². The molecule has 2 rings (SSSR count). The van der Waals surface area contributed by atoms with Crippen molar-refractivity contribution in [2.45, 2.75) is 26.8 Å². The second-order valence-corrected chi connectivity index (χ2v) is 6.15. The quantitative estimate of drug-likeness (QED) is 0.789. The Hall–Kier alpha value is -2.27. The van der Waals surface area contributed by atoms with E-state index in [9.17, 15) is 0 Å². The van der Waals surface area contributed by atoms with Gasteiger partial charge in [-0.1, -0.05) is 23.8 Å². The molecule has 2 aromatic rings. The van der Waals surface area contributed by atoms with E-state index in [0.29, 0.717) is 10.9 Å². The Morgan fingerprint density at radius 1 is 1.04 bits per heavy atom. The highest BCUT2D eigenvalue weighted by atomic mass is 32.1. The van der Waals surface area contributed by atoms with Gasteiger partial charge in [0.15, 0.2) is 5.11 Å². The molecule has 0 spiro atoms. The smallest absolute Gasteiger partial charge is 0.171 e. The highest BCUT2D eigenvalue weighted by Crippen LogP contribution is 2.29. The first-order chi connectivity index (χ1) is 11.4. The minimum absolute atomic E-state index is 0.106. The van der Waals surface area contributed by atoms with Gasteiger partial charge in [-0.15, -0.1) is 0 Å². The molecular formula is C19H24N2O2S. The predicted octanol–water partition coefficient (Wildman–Crippen LogP) is 4.37. The molecule has 0 saturated carbocycles. The molecule has 4 nitrogen and oxygen atoms in total. The van der Waals surface area contributed by atoms with Crippen molar-refractivity contribution in [3.05, 3.63) is 53.1 Å². The van der Waals surface area contributed by atoms with Gasteiger partial charge in [0.2, 0.25) is 0 Å². The minimum atomic E-state index is 0.106. The largest absolute Gasteiger partial charge is 0.497 e. The molecule has 0 aliphatic heterocycles. The number of benzene rings is 2. The number of hydrogen-bond donors (Lipinski definition) is 2. The molecule has 0 fully saturated rings. The number of ether oxygens (including phenoxy) is 2. The van der Waals surface area contributed by atoms with Crippen LogP contribution in [-0.4, -0.2) is 19.3 Å². The van der Waals surface area contributed by atoms with Crippen LogP contribution in [-0.2, 0) is 0 Å². The van der Waals surface area contributed by atoms with Crippen molar-refractivity contribution in [1.29, 1.82) is 0 Å². The van der Waals surface area contributed by atoms with E-state index in [2.05, 4.69) is 49.6 Å². The summed E-state index contributed by atoms with van der Waals surface area (Å²) in [5, 5.41) is 7.05. The normalized spacial score (nSPS) is 11.5. The molecule has 1 atom stereocenters. The molecule has 24 heavy (non-hydrogen) atoms. The number of hydrogen-bond acceptors (Lipinski definition) is 3. The second kappa shape index (κ2) is 8.02. The molecule has 5 heteroatoms. The molecule has 0 bridgehead atoms. The average Bonchev–Trinajstić information content (AvgIpc) is 2.54. The zero-order valence-corrected chi connectivity index (χ0v) is 15.6. The van der Waals surface area contributed by atoms with E-state index in [0.717, 1.165) is 11.4 Å². The highest BCUT2D eigenvalue weighted by Gasteiger charge is 2.12. The average molecular weight is 344 g/mol. The van der Waals surface area contributed by atoms with Crippen LogP contribution in [0.15, 0.2) is 36.4 Å². The Morgan fingerprint density at radius 3 is 2.42 bits per heavy atom. The van der Waals surface area contributed by atoms with E-state index in [1.165, 1.54) is 16.7 Å². The van der Waals surface area contributed by atoms with Crippen molar-refractivity contribution in [1.82, 2.24) is 5.32 Å². The van der Waals surface area contributed by atoms with Crippen LogP contribution >= 0.6 is 12.2 Å². The second-order valence-electron chi connectivity index (χ2n) is 5.75. The zero-order valence-electron chi connectivity index (χ0n) is 14.8. The third-order valence-corrected chi connectivity index (χ3v) is 4.12. The van der Waals surface area contributed by atoms with E-state index in [1.54, 1.807) is 14.2 Å². The van der Waals surface area contributed by atoms with Crippen molar-refractivity contribution in [2.24, 2.45) is 0 Å². The number of anilines is 1. The molecule has 0 aromatic heterocycles. The molecule has 0 heterocycles. The van der Waals surface area contributed by atoms with Gasteiger partial charge in [0, 0.05) is 6.07 Å². The summed E-state index contributed by atoms with van der Waals surface area (Å²) < 4.78 is 10.6. The van der Waals surface area contributed by atoms with E-state index in [-0.39, 0.29) is 6.04 Å². The summed E-state index contributed by atoms with van der Waals surface area (Å²) in [6.07, 6.45) is 0. The van der Waals surface area contributed by atoms with Crippen LogP contribution in [0.2, 0.25) is 0 Å². The lowest BCUT2D eigenvalue weighted by Gasteiger charge is -2.20. The molecule has 0 radical (unpaired) electrons. The molecule has 128 valence electrons. The van der Waals surface area contributed by atoms with Crippen LogP contribution in [0.25, 0.3) is 0 Å². The van der Waals surface area contributed by atoms with Crippen LogP contribution in [0.1, 0.15) is 29.7 Å². The van der Waals surface area contributed by atoms with Gasteiger partial charge in [-0.05, 0) is 56.2 Å². The Balaban J connectivity index is 2.07. The lowest BCUT2D eigenvalue weighted by molar-refractivity contribution is 0.395. The molecule has 0 amide bonds. The Bertz CT molecular complexity index is 731. The summed E-state index contributed by atoms with van der Waals surface area (Å²) in [5.74, 6) is 1.41. The molecule has 1 unspecified atom stereocenters. The first-order valence-corrected chi connectivity index (χ1v) is 8.22. The third kappa shape index (κ3) is 4.38. The first kappa shape index (κ1) is 18.1. The van der Waals surface area contributed by atoms with Crippen molar-refractivity contribution < 1.29 is 9.47 Å². The summed E-state index contributed by atoms with van der Waals surface area (Å²) in [4.78, 5) is 0. The van der Waals surface area contributed by atoms with Gasteiger partial charge < -0.3 is 20.1 Å². The van der Waals surface area contributed by atoms with Gasteiger partial charge in [-0.25, -0.2) is 0 Å². The highest BCUT2D eigenvalue weighted by molar-refractivity contribution is 7.80. The summed E-state index contributed by atoms with van der Waals surface area (Å²) in [5.41, 5.74) is 4.53. The van der Waals surface area contributed by atoms with Gasteiger partial charge >= 0.3 is 0 Å². The first-order valence-electron chi connectivity index (χ1n) is 7.81. The third-order valence-electron chi connectivity index (χ3n) is 3.90. The van der Waals surface area contributed by atoms with E-state index >= 15 is 0 Å². The Kier molecular flexibility index (Phi) is 6.04. The molecular weight excluding hydrogens is 320 g/mol. The summed E-state index contributed by atoms with van der Waals surface area (Å²) >= 11 is 5.44. The van der Waals surface area contributed by atoms with E-state index in [1.807, 2.05) is 18.2 Å². The van der Waals surface area contributed by atoms with Crippen LogP contribution in [0.4, 0.5) is 5.69 Å². The monoisotopic (exact) mass is 344 g/mol. The van der Waals surface area contributed by atoms with Gasteiger partial charge in [-0.3, -0.25) is 0 Å². The number of thiocarbonyl (C=S) groups is 1. The number of nitrogens with one attached hydrogen (secondary N) is 2. The van der Waals surface area contributed by atoms with Gasteiger partial charge in [0.1, 0.15) is 11.5 Å². The van der Waals surface area contributed by atoms with Gasteiger partial charge in [0.25, 0.3) is 0 Å². The van der Waals surface area contributed by atoms with Crippen molar-refractivity contribution in [3.8, 4) is 11.5 Å². The summed E-state index contributed by atoms with van der Waals surface area (Å²) in [7, 11) is 3.24. The van der Waals surface area contributed by atoms with E-state index < -0.39 is 0 Å². The predicted molar refractivity (Wildman–Crippen MR) is 103 cm³/mol. The fourth-order valence-electron chi connectivity index (χ4n) is 2.65. The van der Waals surface area contributed by atoms with Gasteiger partial charge in [-0.2, -0.15) is 0 Å². The van der Waals surface area contributed by atoms with Crippen LogP contribution in [0.3, 0.4) is 0 Å². The maximum absolute atomic E-state index is 5.44.